The minimum Gasteiger partial charge on any atom is -0.485 e. The second-order valence-corrected chi connectivity index (χ2v) is 5.56. The van der Waals surface area contributed by atoms with Gasteiger partial charge in [-0.25, -0.2) is 4.68 Å². The quantitative estimate of drug-likeness (QED) is 0.820. The summed E-state index contributed by atoms with van der Waals surface area (Å²) in [6.45, 7) is 2.86. The van der Waals surface area contributed by atoms with Crippen LogP contribution in [0, 0.1) is 0 Å². The summed E-state index contributed by atoms with van der Waals surface area (Å²) in [4.78, 5) is 11.9. The lowest BCUT2D eigenvalue weighted by molar-refractivity contribution is 0.302. The molecule has 0 fully saturated rings. The molecule has 0 atom stereocenters. The molecule has 0 unspecified atom stereocenters. The number of rotatable bonds is 5. The number of hydrogen-bond acceptors (Lipinski definition) is 3. The van der Waals surface area contributed by atoms with Crippen LogP contribution in [0.25, 0.3) is 0 Å². The maximum atomic E-state index is 11.9. The topological polar surface area (TPSA) is 44.1 Å². The number of halogens is 2. The Morgan fingerprint density at radius 2 is 2.05 bits per heavy atom. The highest BCUT2D eigenvalue weighted by atomic mass is 79.9. The Hall–Kier alpha value is -1.33. The number of nitrogens with zero attached hydrogens (tertiary/aromatic N) is 2. The van der Waals surface area contributed by atoms with E-state index in [9.17, 15) is 4.79 Å². The molecule has 6 heteroatoms. The summed E-state index contributed by atoms with van der Waals surface area (Å²) in [5.74, 6) is 0.312. The van der Waals surface area contributed by atoms with Gasteiger partial charge in [-0.15, -0.1) is 0 Å². The van der Waals surface area contributed by atoms with Crippen LogP contribution in [0.5, 0.6) is 5.75 Å². The van der Waals surface area contributed by atoms with Crippen LogP contribution < -0.4 is 10.3 Å². The van der Waals surface area contributed by atoms with Crippen LogP contribution in [0.3, 0.4) is 0 Å². The average Bonchev–Trinajstić information content (AvgIpc) is 2.45. The van der Waals surface area contributed by atoms with Crippen LogP contribution in [0.4, 0.5) is 0 Å². The van der Waals surface area contributed by atoms with Crippen molar-refractivity contribution in [3.63, 3.8) is 0 Å². The monoisotopic (exact) mass is 356 g/mol. The largest absolute Gasteiger partial charge is 0.485 e. The van der Waals surface area contributed by atoms with E-state index in [4.69, 9.17) is 16.3 Å². The summed E-state index contributed by atoms with van der Waals surface area (Å²) in [6.07, 6.45) is 2.31. The number of hydrogen-bond donors (Lipinski definition) is 0. The first-order valence-electron chi connectivity index (χ1n) is 6.24. The van der Waals surface area contributed by atoms with Crippen molar-refractivity contribution in [2.24, 2.45) is 0 Å². The lowest BCUT2D eigenvalue weighted by Crippen LogP contribution is -2.23. The van der Waals surface area contributed by atoms with E-state index in [-0.39, 0.29) is 10.6 Å². The standard InChI is InChI=1S/C14H14BrClN2O2/c1-2-7-18-14(19)13(16)12(8-17-18)20-9-10-3-5-11(15)6-4-10/h3-6,8H,2,7,9H2,1H3. The van der Waals surface area contributed by atoms with E-state index in [0.29, 0.717) is 18.9 Å². The van der Waals surface area contributed by atoms with Gasteiger partial charge in [0.2, 0.25) is 0 Å². The van der Waals surface area contributed by atoms with Gasteiger partial charge in [0.15, 0.2) is 10.8 Å². The second-order valence-electron chi connectivity index (χ2n) is 4.27. The van der Waals surface area contributed by atoms with Crippen LogP contribution >= 0.6 is 27.5 Å². The number of aryl methyl sites for hydroxylation is 1. The van der Waals surface area contributed by atoms with Crippen molar-refractivity contribution < 1.29 is 4.74 Å². The first-order valence-corrected chi connectivity index (χ1v) is 7.41. The molecule has 20 heavy (non-hydrogen) atoms. The van der Waals surface area contributed by atoms with Crippen LogP contribution in [0.15, 0.2) is 39.7 Å². The molecule has 106 valence electrons. The van der Waals surface area contributed by atoms with Crippen molar-refractivity contribution in [3.05, 3.63) is 55.9 Å². The fraction of sp³-hybridized carbons (Fsp3) is 0.286. The molecule has 1 heterocycles. The van der Waals surface area contributed by atoms with Crippen molar-refractivity contribution in [1.82, 2.24) is 9.78 Å². The molecule has 1 aromatic heterocycles. The molecule has 0 radical (unpaired) electrons. The van der Waals surface area contributed by atoms with Gasteiger partial charge >= 0.3 is 0 Å². The molecule has 4 nitrogen and oxygen atoms in total. The lowest BCUT2D eigenvalue weighted by Gasteiger charge is -2.09. The molecular weight excluding hydrogens is 344 g/mol. The molecule has 0 saturated heterocycles. The van der Waals surface area contributed by atoms with Crippen LogP contribution in [0.2, 0.25) is 5.02 Å². The van der Waals surface area contributed by atoms with Gasteiger partial charge in [0, 0.05) is 11.0 Å². The van der Waals surface area contributed by atoms with Gasteiger partial charge in [0.05, 0.1) is 6.20 Å². The number of ether oxygens (including phenoxy) is 1. The summed E-state index contributed by atoms with van der Waals surface area (Å²) < 4.78 is 7.90. The molecule has 0 bridgehead atoms. The summed E-state index contributed by atoms with van der Waals surface area (Å²) in [5, 5.41) is 4.12. The van der Waals surface area contributed by atoms with E-state index in [2.05, 4.69) is 21.0 Å². The zero-order chi connectivity index (χ0) is 14.5. The third-order valence-corrected chi connectivity index (χ3v) is 3.57. The minimum atomic E-state index is -0.318. The van der Waals surface area contributed by atoms with Crippen LogP contribution in [0.1, 0.15) is 18.9 Å². The zero-order valence-electron chi connectivity index (χ0n) is 11.0. The Labute approximate surface area is 130 Å². The van der Waals surface area contributed by atoms with Crippen molar-refractivity contribution in [1.29, 1.82) is 0 Å². The Balaban J connectivity index is 2.12. The smallest absolute Gasteiger partial charge is 0.289 e. The Kier molecular flexibility index (Phi) is 5.20. The van der Waals surface area contributed by atoms with E-state index in [1.54, 1.807) is 0 Å². The van der Waals surface area contributed by atoms with E-state index in [0.717, 1.165) is 16.5 Å². The van der Waals surface area contributed by atoms with Crippen molar-refractivity contribution in [2.45, 2.75) is 26.5 Å². The highest BCUT2D eigenvalue weighted by Gasteiger charge is 2.10. The van der Waals surface area contributed by atoms with Crippen molar-refractivity contribution in [2.75, 3.05) is 0 Å². The molecule has 0 aliphatic heterocycles. The van der Waals surface area contributed by atoms with E-state index < -0.39 is 0 Å². The highest BCUT2D eigenvalue weighted by Crippen LogP contribution is 2.20. The molecule has 0 amide bonds. The molecular formula is C14H14BrClN2O2. The predicted octanol–water partition coefficient (Wildman–Crippen LogP) is 3.65. The SMILES string of the molecule is CCCn1ncc(OCc2ccc(Br)cc2)c(Cl)c1=O. The van der Waals surface area contributed by atoms with Gasteiger partial charge in [-0.1, -0.05) is 46.6 Å². The molecule has 0 aliphatic carbocycles. The molecule has 2 rings (SSSR count). The zero-order valence-corrected chi connectivity index (χ0v) is 13.3. The summed E-state index contributed by atoms with van der Waals surface area (Å²) in [6, 6.07) is 7.73. The first kappa shape index (κ1) is 15.1. The fourth-order valence-electron chi connectivity index (χ4n) is 1.66. The predicted molar refractivity (Wildman–Crippen MR) is 82.3 cm³/mol. The first-order chi connectivity index (χ1) is 9.61. The fourth-order valence-corrected chi connectivity index (χ4v) is 2.13. The summed E-state index contributed by atoms with van der Waals surface area (Å²) >= 11 is 9.39. The van der Waals surface area contributed by atoms with E-state index >= 15 is 0 Å². The van der Waals surface area contributed by atoms with Gasteiger partial charge in [0.1, 0.15) is 6.61 Å². The molecule has 0 N–H and O–H groups in total. The minimum absolute atomic E-state index is 0.0746. The normalized spacial score (nSPS) is 10.6. The third-order valence-electron chi connectivity index (χ3n) is 2.70. The van der Waals surface area contributed by atoms with Gasteiger partial charge in [-0.05, 0) is 24.1 Å². The Morgan fingerprint density at radius 3 is 2.70 bits per heavy atom. The van der Waals surface area contributed by atoms with Gasteiger partial charge < -0.3 is 4.74 Å². The van der Waals surface area contributed by atoms with Gasteiger partial charge in [-0.2, -0.15) is 5.10 Å². The van der Waals surface area contributed by atoms with Crippen molar-refractivity contribution >= 4 is 27.5 Å². The highest BCUT2D eigenvalue weighted by molar-refractivity contribution is 9.10. The Morgan fingerprint density at radius 1 is 1.35 bits per heavy atom. The maximum Gasteiger partial charge on any atom is 0.289 e. The molecule has 0 saturated carbocycles. The second kappa shape index (κ2) is 6.90. The third kappa shape index (κ3) is 3.61. The lowest BCUT2D eigenvalue weighted by atomic mass is 10.2. The number of benzene rings is 1. The molecule has 0 aliphatic rings. The van der Waals surface area contributed by atoms with Gasteiger partial charge in [0.25, 0.3) is 5.56 Å². The summed E-state index contributed by atoms with van der Waals surface area (Å²) in [7, 11) is 0. The molecule has 1 aromatic carbocycles. The Bertz CT molecular complexity index is 641. The van der Waals surface area contributed by atoms with Crippen LogP contribution in [-0.2, 0) is 13.2 Å². The number of aromatic nitrogens is 2. The van der Waals surface area contributed by atoms with E-state index in [1.807, 2.05) is 31.2 Å². The van der Waals surface area contributed by atoms with Crippen molar-refractivity contribution in [3.8, 4) is 5.75 Å². The van der Waals surface area contributed by atoms with E-state index in [1.165, 1.54) is 10.9 Å². The summed E-state index contributed by atoms with van der Waals surface area (Å²) in [5.41, 5.74) is 0.670. The van der Waals surface area contributed by atoms with Gasteiger partial charge in [-0.3, -0.25) is 4.79 Å². The molecule has 2 aromatic rings. The maximum absolute atomic E-state index is 11.9. The molecule has 0 spiro atoms. The van der Waals surface area contributed by atoms with Crippen LogP contribution in [-0.4, -0.2) is 9.78 Å². The average molecular weight is 358 g/mol.